The van der Waals surface area contributed by atoms with Crippen LogP contribution in [0.2, 0.25) is 0 Å². The maximum absolute atomic E-state index is 12.2. The van der Waals surface area contributed by atoms with E-state index in [1.807, 2.05) is 0 Å². The molecule has 114 valence electrons. The van der Waals surface area contributed by atoms with Crippen LogP contribution in [0, 0.1) is 10.1 Å². The number of nitrogens with one attached hydrogen (secondary N) is 1. The molecule has 2 rings (SSSR count). The Morgan fingerprint density at radius 2 is 2.05 bits per heavy atom. The summed E-state index contributed by atoms with van der Waals surface area (Å²) in [5.74, 6) is -0.484. The number of amides is 1. The monoisotopic (exact) mass is 293 g/mol. The van der Waals surface area contributed by atoms with Gasteiger partial charge in [0.05, 0.1) is 22.6 Å². The van der Waals surface area contributed by atoms with E-state index < -0.39 is 16.9 Å². The molecule has 1 aliphatic rings. The lowest BCUT2D eigenvalue weighted by molar-refractivity contribution is -0.383. The number of hydrogen-bond acceptors (Lipinski definition) is 5. The molecule has 1 aliphatic carbocycles. The molecule has 0 spiro atoms. The highest BCUT2D eigenvalue weighted by atomic mass is 16.6. The lowest BCUT2D eigenvalue weighted by Crippen LogP contribution is -2.42. The highest BCUT2D eigenvalue weighted by molar-refractivity contribution is 6.01. The van der Waals surface area contributed by atoms with Gasteiger partial charge in [-0.2, -0.15) is 0 Å². The fourth-order valence-corrected chi connectivity index (χ4v) is 2.61. The number of rotatable bonds is 3. The van der Waals surface area contributed by atoms with Gasteiger partial charge in [0.25, 0.3) is 11.6 Å². The number of benzene rings is 1. The lowest BCUT2D eigenvalue weighted by atomic mass is 10.0. The van der Waals surface area contributed by atoms with E-state index >= 15 is 0 Å². The number of aliphatic hydroxyl groups excluding tert-OH is 1. The second kappa shape index (κ2) is 6.53. The maximum atomic E-state index is 12.2. The maximum Gasteiger partial charge on any atom is 0.292 e. The van der Waals surface area contributed by atoms with Gasteiger partial charge in [-0.05, 0) is 18.9 Å². The minimum Gasteiger partial charge on any atom is -0.393 e. The Morgan fingerprint density at radius 1 is 1.33 bits per heavy atom. The van der Waals surface area contributed by atoms with Crippen LogP contribution in [0.5, 0.6) is 0 Å². The van der Waals surface area contributed by atoms with E-state index in [1.165, 1.54) is 18.2 Å². The van der Waals surface area contributed by atoms with Gasteiger partial charge in [-0.25, -0.2) is 0 Å². The average Bonchev–Trinajstić information content (AvgIpc) is 2.64. The Labute approximate surface area is 122 Å². The molecular formula is C14H19N3O4. The van der Waals surface area contributed by atoms with Gasteiger partial charge in [-0.1, -0.05) is 25.3 Å². The highest BCUT2D eigenvalue weighted by Gasteiger charge is 2.25. The summed E-state index contributed by atoms with van der Waals surface area (Å²) >= 11 is 0. The lowest BCUT2D eigenvalue weighted by Gasteiger charge is -2.22. The number of nitro groups is 1. The summed E-state index contributed by atoms with van der Waals surface area (Å²) in [6.07, 6.45) is 3.66. The topological polar surface area (TPSA) is 118 Å². The van der Waals surface area contributed by atoms with Crippen LogP contribution in [-0.4, -0.2) is 28.1 Å². The van der Waals surface area contributed by atoms with Crippen LogP contribution in [0.1, 0.15) is 42.5 Å². The van der Waals surface area contributed by atoms with Gasteiger partial charge in [0.2, 0.25) is 0 Å². The van der Waals surface area contributed by atoms with Gasteiger partial charge in [0.1, 0.15) is 5.69 Å². The van der Waals surface area contributed by atoms with Crippen molar-refractivity contribution in [1.29, 1.82) is 0 Å². The summed E-state index contributed by atoms with van der Waals surface area (Å²) in [6.45, 7) is 0. The molecule has 0 aromatic heterocycles. The van der Waals surface area contributed by atoms with Crippen LogP contribution in [0.4, 0.5) is 11.4 Å². The van der Waals surface area contributed by atoms with Crippen molar-refractivity contribution in [3.63, 3.8) is 0 Å². The van der Waals surface area contributed by atoms with E-state index in [0.717, 1.165) is 19.3 Å². The Balaban J connectivity index is 2.16. The summed E-state index contributed by atoms with van der Waals surface area (Å²) in [4.78, 5) is 22.5. The van der Waals surface area contributed by atoms with Crippen molar-refractivity contribution in [1.82, 2.24) is 5.32 Å². The van der Waals surface area contributed by atoms with Gasteiger partial charge in [-0.15, -0.1) is 0 Å². The predicted molar refractivity (Wildman–Crippen MR) is 77.9 cm³/mol. The molecule has 1 fully saturated rings. The molecule has 0 bridgehead atoms. The summed E-state index contributed by atoms with van der Waals surface area (Å²) in [5.41, 5.74) is 5.32. The van der Waals surface area contributed by atoms with Crippen LogP contribution >= 0.6 is 0 Å². The third-order valence-electron chi connectivity index (χ3n) is 3.82. The van der Waals surface area contributed by atoms with Crippen LogP contribution < -0.4 is 11.1 Å². The van der Waals surface area contributed by atoms with Crippen LogP contribution in [0.15, 0.2) is 18.2 Å². The van der Waals surface area contributed by atoms with E-state index in [0.29, 0.717) is 12.8 Å². The summed E-state index contributed by atoms with van der Waals surface area (Å²) in [5, 5.41) is 23.6. The molecule has 1 aromatic carbocycles. The molecule has 0 saturated heterocycles. The molecule has 2 unspecified atom stereocenters. The van der Waals surface area contributed by atoms with Crippen molar-refractivity contribution in [2.24, 2.45) is 0 Å². The normalized spacial score (nSPS) is 22.3. The molecular weight excluding hydrogens is 274 g/mol. The van der Waals surface area contributed by atoms with Gasteiger partial charge in [0, 0.05) is 6.07 Å². The number of nitrogens with zero attached hydrogens (tertiary/aromatic N) is 1. The Morgan fingerprint density at radius 3 is 2.76 bits per heavy atom. The Kier molecular flexibility index (Phi) is 4.74. The molecule has 1 amide bonds. The minimum absolute atomic E-state index is 0.0700. The van der Waals surface area contributed by atoms with Crippen molar-refractivity contribution in [2.75, 3.05) is 5.73 Å². The molecule has 2 atom stereocenters. The third kappa shape index (κ3) is 3.49. The quantitative estimate of drug-likeness (QED) is 0.338. The first-order chi connectivity index (χ1) is 10.0. The zero-order chi connectivity index (χ0) is 15.4. The van der Waals surface area contributed by atoms with Crippen molar-refractivity contribution in [2.45, 2.75) is 44.2 Å². The molecule has 4 N–H and O–H groups in total. The van der Waals surface area contributed by atoms with E-state index in [1.54, 1.807) is 0 Å². The Hall–Kier alpha value is -2.15. The van der Waals surface area contributed by atoms with Gasteiger partial charge in [0.15, 0.2) is 0 Å². The SMILES string of the molecule is Nc1c(C(=O)NC2CCCCCC2O)cccc1[N+](=O)[O-]. The van der Waals surface area contributed by atoms with Crippen molar-refractivity contribution in [3.05, 3.63) is 33.9 Å². The predicted octanol–water partition coefficient (Wildman–Crippen LogP) is 1.60. The van der Waals surface area contributed by atoms with E-state index in [4.69, 9.17) is 5.73 Å². The third-order valence-corrected chi connectivity index (χ3v) is 3.82. The average molecular weight is 293 g/mol. The fourth-order valence-electron chi connectivity index (χ4n) is 2.61. The van der Waals surface area contributed by atoms with E-state index in [9.17, 15) is 20.0 Å². The molecule has 1 saturated carbocycles. The zero-order valence-electron chi connectivity index (χ0n) is 11.6. The van der Waals surface area contributed by atoms with Gasteiger partial charge >= 0.3 is 0 Å². The molecule has 0 radical (unpaired) electrons. The van der Waals surface area contributed by atoms with Crippen LogP contribution in [-0.2, 0) is 0 Å². The van der Waals surface area contributed by atoms with Gasteiger partial charge < -0.3 is 16.2 Å². The molecule has 21 heavy (non-hydrogen) atoms. The first-order valence-electron chi connectivity index (χ1n) is 7.02. The smallest absolute Gasteiger partial charge is 0.292 e. The molecule has 7 heteroatoms. The highest BCUT2D eigenvalue weighted by Crippen LogP contribution is 2.25. The van der Waals surface area contributed by atoms with Crippen LogP contribution in [0.3, 0.4) is 0 Å². The second-order valence-corrected chi connectivity index (χ2v) is 5.28. The van der Waals surface area contributed by atoms with Crippen molar-refractivity contribution in [3.8, 4) is 0 Å². The standard InChI is InChI=1S/C14H19N3O4/c15-13-9(5-4-7-11(13)17(20)21)14(19)16-10-6-2-1-3-8-12(10)18/h4-5,7,10,12,18H,1-3,6,8,15H2,(H,16,19). The number of para-hydroxylation sites is 1. The number of anilines is 1. The molecule has 1 aromatic rings. The van der Waals surface area contributed by atoms with Crippen LogP contribution in [0.25, 0.3) is 0 Å². The summed E-state index contributed by atoms with van der Waals surface area (Å²) < 4.78 is 0. The first-order valence-corrected chi connectivity index (χ1v) is 7.02. The molecule has 0 heterocycles. The fraction of sp³-hybridized carbons (Fsp3) is 0.500. The number of hydrogen-bond donors (Lipinski definition) is 3. The number of nitrogen functional groups attached to an aromatic ring is 1. The Bertz CT molecular complexity index is 547. The van der Waals surface area contributed by atoms with Gasteiger partial charge in [-0.3, -0.25) is 14.9 Å². The minimum atomic E-state index is -0.618. The number of carbonyl (C=O) groups excluding carboxylic acids is 1. The largest absolute Gasteiger partial charge is 0.393 e. The summed E-state index contributed by atoms with van der Waals surface area (Å²) in [7, 11) is 0. The number of aliphatic hydroxyl groups is 1. The van der Waals surface area contributed by atoms with Crippen molar-refractivity contribution >= 4 is 17.3 Å². The van der Waals surface area contributed by atoms with E-state index in [-0.39, 0.29) is 23.0 Å². The molecule has 7 nitrogen and oxygen atoms in total. The zero-order valence-corrected chi connectivity index (χ0v) is 11.6. The number of nitrogens with two attached hydrogens (primary N) is 1. The summed E-state index contributed by atoms with van der Waals surface area (Å²) in [6, 6.07) is 3.79. The second-order valence-electron chi connectivity index (χ2n) is 5.28. The molecule has 0 aliphatic heterocycles. The first kappa shape index (κ1) is 15.2. The number of carbonyl (C=O) groups is 1. The number of nitro benzene ring substituents is 1. The van der Waals surface area contributed by atoms with E-state index in [2.05, 4.69) is 5.32 Å². The van der Waals surface area contributed by atoms with Crippen molar-refractivity contribution < 1.29 is 14.8 Å².